The molecule has 0 aliphatic carbocycles. The van der Waals surface area contributed by atoms with Crippen LogP contribution in [0.5, 0.6) is 5.75 Å². The average Bonchev–Trinajstić information content (AvgIpc) is 3.28. The van der Waals surface area contributed by atoms with Gasteiger partial charge in [-0.05, 0) is 115 Å². The van der Waals surface area contributed by atoms with E-state index < -0.39 is 35.3 Å². The third-order valence-electron chi connectivity index (χ3n) is 14.5. The van der Waals surface area contributed by atoms with Crippen LogP contribution < -0.4 is 36.6 Å². The topological polar surface area (TPSA) is 254 Å². The van der Waals surface area contributed by atoms with Crippen LogP contribution in [0, 0.1) is 0 Å². The van der Waals surface area contributed by atoms with E-state index >= 15 is 0 Å². The minimum absolute atomic E-state index is 0.00482. The third kappa shape index (κ3) is 14.4. The Morgan fingerprint density at radius 2 is 1.08 bits per heavy atom. The number of aromatic amines is 1. The smallest absolute Gasteiger partial charge is 0.416 e. The normalized spacial score (nSPS) is 15.0. The number of hydrogen-bond acceptors (Lipinski definition) is 15. The second-order valence-electron chi connectivity index (χ2n) is 20.4. The summed E-state index contributed by atoms with van der Waals surface area (Å²) in [5.41, 5.74) is 3.67. The van der Waals surface area contributed by atoms with Crippen molar-refractivity contribution >= 4 is 91.7 Å². The molecule has 6 aromatic heterocycles. The Labute approximate surface area is 493 Å². The van der Waals surface area contributed by atoms with Crippen LogP contribution in [0.25, 0.3) is 22.1 Å². The van der Waals surface area contributed by atoms with Gasteiger partial charge in [0.2, 0.25) is 11.8 Å². The molecule has 2 aliphatic heterocycles. The van der Waals surface area contributed by atoms with Crippen LogP contribution in [-0.2, 0) is 28.5 Å². The number of carbonyl (C=O) groups excluding carboxylic acids is 4. The summed E-state index contributed by atoms with van der Waals surface area (Å²) in [5.74, 6) is 0.633. The number of nitrogens with one attached hydrogen (secondary N) is 7. The van der Waals surface area contributed by atoms with Gasteiger partial charge in [0.25, 0.3) is 11.8 Å². The molecule has 2 atom stereocenters. The summed E-state index contributed by atoms with van der Waals surface area (Å²) < 4.78 is 85.2. The zero-order valence-corrected chi connectivity index (χ0v) is 47.1. The number of benzene rings is 3. The predicted octanol–water partition coefficient (Wildman–Crippen LogP) is 11.1. The Kier molecular flexibility index (Phi) is 17.8. The summed E-state index contributed by atoms with van der Waals surface area (Å²) in [4.78, 5) is 70.0. The van der Waals surface area contributed by atoms with E-state index in [1.54, 1.807) is 74.1 Å². The predicted molar refractivity (Wildman–Crippen MR) is 315 cm³/mol. The van der Waals surface area contributed by atoms with Gasteiger partial charge < -0.3 is 46.4 Å². The molecule has 0 bridgehead atoms. The number of fused-ring (bicyclic) bond motifs is 2. The third-order valence-corrected chi connectivity index (χ3v) is 14.5. The molecule has 2 saturated heterocycles. The molecule has 0 saturated carbocycles. The Balaban J connectivity index is 0.000000197. The quantitative estimate of drug-likeness (QED) is 0.0419. The van der Waals surface area contributed by atoms with Gasteiger partial charge in [0.15, 0.2) is 22.9 Å². The summed E-state index contributed by atoms with van der Waals surface area (Å²) in [6.07, 6.45) is -1.28. The lowest BCUT2D eigenvalue weighted by molar-refractivity contribution is -0.138. The van der Waals surface area contributed by atoms with Crippen molar-refractivity contribution in [3.63, 3.8) is 0 Å². The second-order valence-corrected chi connectivity index (χ2v) is 20.4. The van der Waals surface area contributed by atoms with E-state index in [0.717, 1.165) is 77.3 Å². The van der Waals surface area contributed by atoms with Gasteiger partial charge in [0.05, 0.1) is 46.9 Å². The molecule has 87 heavy (non-hydrogen) atoms. The monoisotopic (exact) mass is 1200 g/mol. The van der Waals surface area contributed by atoms with Crippen LogP contribution in [-0.4, -0.2) is 119 Å². The highest BCUT2D eigenvalue weighted by atomic mass is 19.4. The van der Waals surface area contributed by atoms with Crippen molar-refractivity contribution in [2.45, 2.75) is 70.5 Å². The highest BCUT2D eigenvalue weighted by Gasteiger charge is 2.33. The van der Waals surface area contributed by atoms with Crippen LogP contribution in [0.3, 0.4) is 0 Å². The molecule has 2 aliphatic rings. The van der Waals surface area contributed by atoms with Crippen molar-refractivity contribution in [2.24, 2.45) is 0 Å². The number of hydrogen-bond donors (Lipinski definition) is 7. The summed E-state index contributed by atoms with van der Waals surface area (Å²) in [7, 11) is 1.62. The molecule has 3 aromatic carbocycles. The van der Waals surface area contributed by atoms with Crippen molar-refractivity contribution < 1.29 is 50.3 Å². The van der Waals surface area contributed by atoms with Gasteiger partial charge in [-0.25, -0.2) is 24.6 Å². The Bertz CT molecular complexity index is 3930. The van der Waals surface area contributed by atoms with Crippen molar-refractivity contribution in [1.82, 2.24) is 49.7 Å². The molecule has 0 spiro atoms. The number of methoxy groups -OCH3 is 1. The van der Waals surface area contributed by atoms with Crippen LogP contribution >= 0.6 is 0 Å². The molecule has 21 nitrogen and oxygen atoms in total. The standard InChI is InChI=1S/C34H33F3N8O3.C26H25F3N8O2/c1-3-29(46)44-17-14-25(20-44)41-31-30-27(13-16-39-32(30)45(43-31)19-21-4-10-26(48-2)11-5-21)40-24-8-6-22(7-9-24)33(47)42-28-18-23(12-15-38-28)34(35,36)37;1-2-21(38)37-12-9-18(14-37)33-24-22-19(8-11-31-23(22)35-36-24)32-17-5-3-15(4-6-17)25(39)34-20-13-16(7-10-30-20)26(27,28)29/h4-13,15-16,18,25H,3,14,17,19-20H2,1-2H3,(H,39,40)(H,41,43)(H,38,42,47);3-8,10-11,13,18H,2,9,12,14H2,1H3,(H,30,34,39)(H3,31,32,33,35,36)/t25-;18-/m11/s1. The first kappa shape index (κ1) is 59.8. The number of halogens is 6. The first-order chi connectivity index (χ1) is 41.8. The minimum atomic E-state index is -4.55. The number of carbonyl (C=O) groups is 4. The number of likely N-dealkylation sites (tertiary alicyclic amines) is 2. The number of nitrogens with zero attached hydrogens (tertiary/aromatic N) is 9. The van der Waals surface area contributed by atoms with Gasteiger partial charge in [-0.1, -0.05) is 26.0 Å². The van der Waals surface area contributed by atoms with Crippen LogP contribution in [0.2, 0.25) is 0 Å². The van der Waals surface area contributed by atoms with E-state index in [2.05, 4.69) is 62.0 Å². The van der Waals surface area contributed by atoms with Gasteiger partial charge in [0.1, 0.15) is 17.4 Å². The molecule has 2 fully saturated rings. The SMILES string of the molecule is CCC(=O)N1CC[C@@H](Nc2n[nH]c3nccc(Nc4ccc(C(=O)Nc5cc(C(F)(F)F)ccn5)cc4)c23)C1.CCC(=O)N1CC[C@@H](Nc2nn(Cc3ccc(OC)cc3)c3nccc(Nc4ccc(C(=O)Nc5cc(C(F)(F)F)ccn5)cc4)c23)C1. The lowest BCUT2D eigenvalue weighted by Crippen LogP contribution is -2.31. The Hall–Kier alpha value is -10.3. The Morgan fingerprint density at radius 3 is 1.57 bits per heavy atom. The molecular formula is C60H58F6N16O5. The fourth-order valence-corrected chi connectivity index (χ4v) is 9.97. The van der Waals surface area contributed by atoms with E-state index in [0.29, 0.717) is 85.6 Å². The van der Waals surface area contributed by atoms with Crippen molar-refractivity contribution in [3.8, 4) is 5.75 Å². The molecule has 4 amide bonds. The summed E-state index contributed by atoms with van der Waals surface area (Å²) in [5, 5.41) is 32.2. The number of amides is 4. The van der Waals surface area contributed by atoms with Crippen LogP contribution in [0.4, 0.5) is 72.4 Å². The minimum Gasteiger partial charge on any atom is -0.497 e. The fourth-order valence-electron chi connectivity index (χ4n) is 9.97. The summed E-state index contributed by atoms with van der Waals surface area (Å²) in [6, 6.07) is 27.6. The van der Waals surface area contributed by atoms with E-state index in [1.807, 2.05) is 58.7 Å². The van der Waals surface area contributed by atoms with Crippen LogP contribution in [0.1, 0.15) is 76.9 Å². The molecule has 450 valence electrons. The van der Waals surface area contributed by atoms with Crippen LogP contribution in [0.15, 0.2) is 134 Å². The number of rotatable bonds is 17. The van der Waals surface area contributed by atoms with E-state index in [-0.39, 0.29) is 46.7 Å². The lowest BCUT2D eigenvalue weighted by Gasteiger charge is -2.16. The first-order valence-corrected chi connectivity index (χ1v) is 27.7. The highest BCUT2D eigenvalue weighted by Crippen LogP contribution is 2.36. The highest BCUT2D eigenvalue weighted by molar-refractivity contribution is 6.05. The number of alkyl halides is 6. The van der Waals surface area contributed by atoms with E-state index in [9.17, 15) is 45.5 Å². The van der Waals surface area contributed by atoms with Crippen molar-refractivity contribution in [3.05, 3.63) is 162 Å². The lowest BCUT2D eigenvalue weighted by atomic mass is 10.1. The average molecular weight is 1200 g/mol. The van der Waals surface area contributed by atoms with E-state index in [4.69, 9.17) is 9.84 Å². The van der Waals surface area contributed by atoms with Crippen molar-refractivity contribution in [1.29, 1.82) is 0 Å². The van der Waals surface area contributed by atoms with Gasteiger partial charge >= 0.3 is 12.4 Å². The summed E-state index contributed by atoms with van der Waals surface area (Å²) in [6.45, 7) is 6.69. The number of ether oxygens (including phenoxy) is 1. The number of anilines is 8. The second kappa shape index (κ2) is 25.9. The molecule has 27 heteroatoms. The molecule has 0 radical (unpaired) electrons. The maximum atomic E-state index is 13.1. The Morgan fingerprint density at radius 1 is 0.598 bits per heavy atom. The van der Waals surface area contributed by atoms with Gasteiger partial charge in [0, 0.05) is 98.4 Å². The van der Waals surface area contributed by atoms with E-state index in [1.165, 1.54) is 0 Å². The van der Waals surface area contributed by atoms with Gasteiger partial charge in [-0.15, -0.1) is 0 Å². The van der Waals surface area contributed by atoms with Crippen molar-refractivity contribution in [2.75, 3.05) is 65.2 Å². The van der Waals surface area contributed by atoms with Gasteiger partial charge in [-0.2, -0.15) is 36.5 Å². The van der Waals surface area contributed by atoms with Gasteiger partial charge in [-0.3, -0.25) is 24.3 Å². The molecule has 11 rings (SSSR count). The largest absolute Gasteiger partial charge is 0.497 e. The number of H-pyrrole nitrogens is 1. The molecular weight excluding hydrogens is 1140 g/mol. The molecule has 0 unspecified atom stereocenters. The number of aromatic nitrogens is 8. The molecule has 8 heterocycles. The maximum Gasteiger partial charge on any atom is 0.416 e. The number of pyridine rings is 4. The molecule has 9 aromatic rings. The fraction of sp³-hybridized carbons (Fsp3) is 0.267. The summed E-state index contributed by atoms with van der Waals surface area (Å²) >= 11 is 0. The molecule has 7 N–H and O–H groups in total. The zero-order chi connectivity index (χ0) is 61.4. The zero-order valence-electron chi connectivity index (χ0n) is 47.1. The maximum absolute atomic E-state index is 13.1. The first-order valence-electron chi connectivity index (χ1n) is 27.7.